The first-order valence-electron chi connectivity index (χ1n) is 20.9. The molecule has 0 spiro atoms. The van der Waals surface area contributed by atoms with Crippen molar-refractivity contribution in [1.29, 1.82) is 0 Å². The van der Waals surface area contributed by atoms with E-state index in [-0.39, 0.29) is 34.1 Å². The highest BCUT2D eigenvalue weighted by atomic mass is 32.1. The highest BCUT2D eigenvalue weighted by Crippen LogP contribution is 2.72. The molecule has 4 aromatic heterocycles. The predicted octanol–water partition coefficient (Wildman–Crippen LogP) is 7.99. The quantitative estimate of drug-likeness (QED) is 0.0756. The number of carboxylic acids is 1. The summed E-state index contributed by atoms with van der Waals surface area (Å²) in [7, 11) is 0. The van der Waals surface area contributed by atoms with Gasteiger partial charge in [-0.25, -0.2) is 14.8 Å². The summed E-state index contributed by atoms with van der Waals surface area (Å²) >= 11 is 1.58. The van der Waals surface area contributed by atoms with Crippen molar-refractivity contribution in [1.82, 2.24) is 35.3 Å². The molecule has 4 bridgehead atoms. The van der Waals surface area contributed by atoms with Gasteiger partial charge in [-0.2, -0.15) is 5.10 Å². The average Bonchev–Trinajstić information content (AvgIpc) is 3.75. The Balaban J connectivity index is 0.948. The van der Waals surface area contributed by atoms with Gasteiger partial charge in [0.15, 0.2) is 22.5 Å². The van der Waals surface area contributed by atoms with E-state index < -0.39 is 5.97 Å². The number of fused-ring (bicyclic) bond motifs is 2. The van der Waals surface area contributed by atoms with Gasteiger partial charge in [-0.15, -0.1) is 10.2 Å². The van der Waals surface area contributed by atoms with E-state index >= 15 is 0 Å². The number of aromatic nitrogens is 6. The predicted molar refractivity (Wildman–Crippen MR) is 226 cm³/mol. The molecule has 14 heteroatoms. The summed E-state index contributed by atoms with van der Waals surface area (Å²) in [6.45, 7) is 13.1. The second-order valence-corrected chi connectivity index (χ2v) is 19.4. The number of unbranched alkanes of at least 4 members (excludes halogenated alkanes) is 1. The number of carboxylic acid groups (broad SMARTS) is 1. The zero-order valence-electron chi connectivity index (χ0n) is 34.1. The van der Waals surface area contributed by atoms with Crippen molar-refractivity contribution in [2.24, 2.45) is 16.2 Å². The molecule has 4 aliphatic carbocycles. The maximum Gasteiger partial charge on any atom is 0.355 e. The van der Waals surface area contributed by atoms with E-state index in [0.29, 0.717) is 36.2 Å². The van der Waals surface area contributed by atoms with Gasteiger partial charge in [0.1, 0.15) is 5.82 Å². The molecule has 4 saturated carbocycles. The number of aliphatic hydroxyl groups excluding tert-OH is 1. The first-order chi connectivity index (χ1) is 27.9. The number of ether oxygens (including phenoxy) is 1. The maximum absolute atomic E-state index is 12.9. The van der Waals surface area contributed by atoms with Crippen molar-refractivity contribution in [2.75, 3.05) is 43.1 Å². The first-order valence-corrected chi connectivity index (χ1v) is 21.7. The van der Waals surface area contributed by atoms with E-state index in [2.05, 4.69) is 52.4 Å². The number of nitrogens with one attached hydrogen (secondary N) is 2. The molecule has 0 saturated heterocycles. The summed E-state index contributed by atoms with van der Waals surface area (Å²) < 4.78 is 10.1. The lowest BCUT2D eigenvalue weighted by Gasteiger charge is -2.69. The van der Waals surface area contributed by atoms with Gasteiger partial charge in [0.05, 0.1) is 28.6 Å². The number of thiazole rings is 1. The molecule has 5 aromatic rings. The Hall–Kier alpha value is -4.50. The topological polar surface area (TPSA) is 163 Å². The van der Waals surface area contributed by atoms with E-state index in [1.54, 1.807) is 11.3 Å². The number of benzene rings is 1. The van der Waals surface area contributed by atoms with E-state index in [9.17, 15) is 9.90 Å². The van der Waals surface area contributed by atoms with E-state index in [1.165, 1.54) is 6.42 Å². The number of aromatic carboxylic acids is 1. The number of aliphatic hydroxyl groups is 1. The summed E-state index contributed by atoms with van der Waals surface area (Å²) in [5, 5.41) is 41.5. The normalized spacial score (nSPS) is 26.1. The van der Waals surface area contributed by atoms with Gasteiger partial charge in [-0.3, -0.25) is 4.68 Å². The van der Waals surface area contributed by atoms with Gasteiger partial charge in [0.25, 0.3) is 0 Å². The van der Waals surface area contributed by atoms with E-state index in [1.807, 2.05) is 48.4 Å². The highest BCUT2D eigenvalue weighted by Gasteiger charge is 2.66. The minimum absolute atomic E-state index is 0.00164. The minimum Gasteiger partial charge on any atom is -0.476 e. The Morgan fingerprint density at radius 1 is 0.948 bits per heavy atom. The van der Waals surface area contributed by atoms with Crippen molar-refractivity contribution in [3.63, 3.8) is 0 Å². The molecule has 4 N–H and O–H groups in total. The summed E-state index contributed by atoms with van der Waals surface area (Å²) in [4.78, 5) is 24.4. The summed E-state index contributed by atoms with van der Waals surface area (Å²) in [5.41, 5.74) is 5.62. The monoisotopic (exact) mass is 805 g/mol. The fourth-order valence-electron chi connectivity index (χ4n) is 12.1. The molecular weight excluding hydrogens is 751 g/mol. The maximum atomic E-state index is 12.9. The molecule has 0 unspecified atom stereocenters. The van der Waals surface area contributed by atoms with Gasteiger partial charge < -0.3 is 30.5 Å². The van der Waals surface area contributed by atoms with Crippen molar-refractivity contribution in [3.05, 3.63) is 65.1 Å². The van der Waals surface area contributed by atoms with Crippen molar-refractivity contribution in [3.8, 4) is 11.1 Å². The van der Waals surface area contributed by atoms with Gasteiger partial charge in [-0.1, -0.05) is 37.3 Å². The number of nitrogens with zero attached hydrogens (tertiary/aromatic N) is 7. The fraction of sp³-hybridized carbons (Fsp3) is 0.545. The van der Waals surface area contributed by atoms with E-state index in [0.717, 1.165) is 115 Å². The molecule has 306 valence electrons. The van der Waals surface area contributed by atoms with Crippen LogP contribution in [0.3, 0.4) is 0 Å². The first kappa shape index (κ1) is 39.0. The van der Waals surface area contributed by atoms with Crippen LogP contribution in [0.2, 0.25) is 0 Å². The van der Waals surface area contributed by atoms with Crippen LogP contribution in [0.4, 0.5) is 22.6 Å². The van der Waals surface area contributed by atoms with Crippen molar-refractivity contribution >= 4 is 50.1 Å². The molecule has 4 atom stereocenters. The molecule has 10 rings (SSSR count). The van der Waals surface area contributed by atoms with Crippen LogP contribution in [0.15, 0.2) is 42.6 Å². The lowest BCUT2D eigenvalue weighted by atomic mass is 9.39. The van der Waals surface area contributed by atoms with Crippen LogP contribution in [0.1, 0.15) is 98.9 Å². The fourth-order valence-corrected chi connectivity index (χ4v) is 13.0. The van der Waals surface area contributed by atoms with Crippen molar-refractivity contribution in [2.45, 2.75) is 104 Å². The Morgan fingerprint density at radius 2 is 1.76 bits per heavy atom. The largest absolute Gasteiger partial charge is 0.476 e. The third kappa shape index (κ3) is 7.26. The zero-order valence-corrected chi connectivity index (χ0v) is 34.9. The Kier molecular flexibility index (Phi) is 10.1. The van der Waals surface area contributed by atoms with Crippen molar-refractivity contribution < 1.29 is 19.7 Å². The summed E-state index contributed by atoms with van der Waals surface area (Å²) in [6.07, 6.45) is 12.0. The summed E-state index contributed by atoms with van der Waals surface area (Å²) in [6, 6.07) is 11.8. The molecule has 5 heterocycles. The van der Waals surface area contributed by atoms with E-state index in [4.69, 9.17) is 24.9 Å². The smallest absolute Gasteiger partial charge is 0.355 e. The molecule has 1 aliphatic heterocycles. The van der Waals surface area contributed by atoms with Gasteiger partial charge in [0, 0.05) is 54.2 Å². The van der Waals surface area contributed by atoms with Crippen LogP contribution in [0.5, 0.6) is 0 Å². The third-order valence-electron chi connectivity index (χ3n) is 13.2. The number of hydrogen-bond donors (Lipinski definition) is 4. The molecule has 5 aliphatic rings. The van der Waals surface area contributed by atoms with Gasteiger partial charge >= 0.3 is 5.97 Å². The van der Waals surface area contributed by atoms with Gasteiger partial charge in [-0.05, 0) is 125 Å². The second kappa shape index (κ2) is 15.0. The molecule has 0 radical (unpaired) electrons. The zero-order chi connectivity index (χ0) is 40.3. The SMILES string of the molecule is Cc1c(Nc2nc3ccccc3s2)nnc2c1CCCN2c1ccc(-c2cnn(C[C@]34C[C@]5(C)C[C@](C)(C3)C[C@@](OCCNCCCCO)(C5)C4)c2C)c(C(=O)O)n1. The second-order valence-electron chi connectivity index (χ2n) is 18.4. The van der Waals surface area contributed by atoms with Crippen LogP contribution in [-0.4, -0.2) is 84.6 Å². The number of anilines is 4. The molecule has 0 amide bonds. The van der Waals surface area contributed by atoms with Crippen LogP contribution >= 0.6 is 11.3 Å². The van der Waals surface area contributed by atoms with Crippen LogP contribution in [0.25, 0.3) is 21.3 Å². The standard InChI is InChI=1S/C44H55N9O4S/c1-28-30-10-9-17-52(38(30)51-50-37(28)49-40-47-33-11-5-6-12-34(33)58-40)35-14-13-31(36(48-35)39(55)56)32-20-46-53(29(32)2)27-43-22-41(3)21-42(4,23-43)25-44(24-41,26-43)57-19-16-45-15-7-8-18-54/h5-6,11-14,20,45,54H,7-10,15-19,21-27H2,1-4H3,(H,55,56)(H,47,49,50)/t41-,42+,43+,44-. The minimum atomic E-state index is -1.08. The number of hydrogen-bond acceptors (Lipinski definition) is 12. The Labute approximate surface area is 343 Å². The molecule has 1 aromatic carbocycles. The average molecular weight is 806 g/mol. The molecular formula is C44H55N9O4S. The molecule has 13 nitrogen and oxygen atoms in total. The number of rotatable bonds is 15. The summed E-state index contributed by atoms with van der Waals surface area (Å²) in [5.74, 6) is 0.823. The Bertz CT molecular complexity index is 2310. The van der Waals surface area contributed by atoms with Gasteiger partial charge in [0.2, 0.25) is 0 Å². The highest BCUT2D eigenvalue weighted by molar-refractivity contribution is 7.22. The molecule has 58 heavy (non-hydrogen) atoms. The lowest BCUT2D eigenvalue weighted by molar-refractivity contribution is -0.247. The van der Waals surface area contributed by atoms with Crippen LogP contribution in [-0.2, 0) is 17.7 Å². The number of carbonyl (C=O) groups is 1. The number of pyridine rings is 1. The third-order valence-corrected chi connectivity index (χ3v) is 14.2. The molecule has 4 fully saturated rings. The Morgan fingerprint density at radius 3 is 2.53 bits per heavy atom. The van der Waals surface area contributed by atoms with Crippen LogP contribution in [0, 0.1) is 30.1 Å². The number of para-hydroxylation sites is 1. The van der Waals surface area contributed by atoms with Crippen LogP contribution < -0.4 is 15.5 Å². The lowest BCUT2D eigenvalue weighted by Crippen LogP contribution is -2.64.